The van der Waals surface area contributed by atoms with Gasteiger partial charge in [-0.25, -0.2) is 9.07 Å². The van der Waals surface area contributed by atoms with Crippen molar-refractivity contribution in [3.05, 3.63) is 65.7 Å². The first-order valence-corrected chi connectivity index (χ1v) is 10.4. The molecule has 8 nitrogen and oxygen atoms in total. The average molecular weight is 428 g/mol. The highest BCUT2D eigenvalue weighted by Crippen LogP contribution is 2.27. The van der Waals surface area contributed by atoms with Crippen molar-refractivity contribution in [1.82, 2.24) is 20.2 Å². The third-order valence-corrected chi connectivity index (χ3v) is 5.78. The molecule has 2 aromatic carbocycles. The van der Waals surface area contributed by atoms with Crippen molar-refractivity contribution in [2.45, 2.75) is 12.6 Å². The molecule has 1 fully saturated rings. The number of benzene rings is 2. The quantitative estimate of drug-likeness (QED) is 0.578. The van der Waals surface area contributed by atoms with Gasteiger partial charge in [-0.2, -0.15) is 0 Å². The number of para-hydroxylation sites is 1. The van der Waals surface area contributed by atoms with Gasteiger partial charge < -0.3 is 19.3 Å². The van der Waals surface area contributed by atoms with Crippen LogP contribution in [0.15, 0.2) is 48.5 Å². The number of anilines is 1. The van der Waals surface area contributed by atoms with E-state index >= 15 is 0 Å². The first-order valence-electron chi connectivity index (χ1n) is 10.4. The molecule has 1 saturated heterocycles. The minimum Gasteiger partial charge on any atom is -0.496 e. The van der Waals surface area contributed by atoms with Crippen LogP contribution in [0.25, 0.3) is 0 Å². The summed E-state index contributed by atoms with van der Waals surface area (Å²) < 4.78 is 26.0. The van der Waals surface area contributed by atoms with Gasteiger partial charge in [-0.05, 0) is 46.8 Å². The van der Waals surface area contributed by atoms with E-state index in [4.69, 9.17) is 9.47 Å². The average Bonchev–Trinajstić information content (AvgIpc) is 3.27. The highest BCUT2D eigenvalue weighted by Gasteiger charge is 2.36. The van der Waals surface area contributed by atoms with Gasteiger partial charge in [-0.1, -0.05) is 12.1 Å². The van der Waals surface area contributed by atoms with Crippen LogP contribution in [-0.2, 0) is 11.3 Å². The Balaban J connectivity index is 1.61. The molecule has 0 bridgehead atoms. The predicted molar refractivity (Wildman–Crippen MR) is 114 cm³/mol. The maximum atomic E-state index is 13.3. The van der Waals surface area contributed by atoms with Crippen molar-refractivity contribution >= 4 is 5.69 Å². The van der Waals surface area contributed by atoms with Gasteiger partial charge >= 0.3 is 0 Å². The van der Waals surface area contributed by atoms with Crippen LogP contribution in [0.2, 0.25) is 0 Å². The minimum absolute atomic E-state index is 0.0710. The molecule has 0 amide bonds. The van der Waals surface area contributed by atoms with Crippen molar-refractivity contribution in [1.29, 1.82) is 0 Å². The molecule has 1 atom stereocenters. The van der Waals surface area contributed by atoms with Gasteiger partial charge in [-0.15, -0.1) is 5.10 Å². The first-order chi connectivity index (χ1) is 15.2. The second kappa shape index (κ2) is 9.84. The van der Waals surface area contributed by atoms with E-state index in [9.17, 15) is 4.39 Å². The summed E-state index contributed by atoms with van der Waals surface area (Å²) in [6.07, 6.45) is 0. The number of tetrazole rings is 1. The topological polar surface area (TPSA) is 69.7 Å². The number of piperazine rings is 1. The Hall–Kier alpha value is -3.04. The van der Waals surface area contributed by atoms with Gasteiger partial charge in [-0.3, -0.25) is 0 Å². The smallest absolute Gasteiger partial charge is 0.214 e. The number of halogens is 1. The number of rotatable bonds is 8. The molecule has 9 heteroatoms. The Morgan fingerprint density at radius 1 is 1.06 bits per heavy atom. The molecule has 2 heterocycles. The van der Waals surface area contributed by atoms with Crippen LogP contribution >= 0.6 is 0 Å². The lowest BCUT2D eigenvalue weighted by atomic mass is 10.0. The molecule has 1 aliphatic heterocycles. The summed E-state index contributed by atoms with van der Waals surface area (Å²) in [5.74, 6) is 1.40. The monoisotopic (exact) mass is 427 g/mol. The number of ether oxygens (including phenoxy) is 2. The van der Waals surface area contributed by atoms with Crippen molar-refractivity contribution < 1.29 is 18.8 Å². The molecule has 4 rings (SSSR count). The Bertz CT molecular complexity index is 972. The summed E-state index contributed by atoms with van der Waals surface area (Å²) in [4.78, 5) is 3.65. The molecule has 0 saturated carbocycles. The van der Waals surface area contributed by atoms with Crippen molar-refractivity contribution in [2.75, 3.05) is 51.9 Å². The molecular formula is C22H28FN6O2+. The lowest BCUT2D eigenvalue weighted by Gasteiger charge is -2.37. The maximum Gasteiger partial charge on any atom is 0.214 e. The van der Waals surface area contributed by atoms with E-state index in [1.54, 1.807) is 14.2 Å². The summed E-state index contributed by atoms with van der Waals surface area (Å²) in [7, 11) is 3.35. The zero-order valence-corrected chi connectivity index (χ0v) is 17.9. The van der Waals surface area contributed by atoms with Crippen LogP contribution in [0.5, 0.6) is 5.75 Å². The summed E-state index contributed by atoms with van der Waals surface area (Å²) >= 11 is 0. The van der Waals surface area contributed by atoms with Gasteiger partial charge in [0.25, 0.3) is 0 Å². The number of nitrogens with zero attached hydrogens (tertiary/aromatic N) is 5. The highest BCUT2D eigenvalue weighted by molar-refractivity contribution is 5.46. The third kappa shape index (κ3) is 4.67. The predicted octanol–water partition coefficient (Wildman–Crippen LogP) is 0.962. The third-order valence-electron chi connectivity index (χ3n) is 5.78. The number of methoxy groups -OCH3 is 2. The van der Waals surface area contributed by atoms with Crippen LogP contribution < -0.4 is 14.5 Å². The molecule has 1 N–H and O–H groups in total. The molecule has 0 aliphatic carbocycles. The van der Waals surface area contributed by atoms with Crippen LogP contribution in [0.1, 0.15) is 17.4 Å². The maximum absolute atomic E-state index is 13.3. The Labute approximate surface area is 181 Å². The zero-order chi connectivity index (χ0) is 21.6. The van der Waals surface area contributed by atoms with E-state index in [1.165, 1.54) is 17.0 Å². The van der Waals surface area contributed by atoms with Gasteiger partial charge in [0.15, 0.2) is 6.04 Å². The summed E-state index contributed by atoms with van der Waals surface area (Å²) in [6.45, 7) is 4.59. The first kappa shape index (κ1) is 21.2. The fourth-order valence-electron chi connectivity index (χ4n) is 4.19. The van der Waals surface area contributed by atoms with Crippen LogP contribution in [-0.4, -0.2) is 67.2 Å². The van der Waals surface area contributed by atoms with E-state index in [2.05, 4.69) is 26.5 Å². The number of nitrogens with one attached hydrogen (secondary N) is 1. The summed E-state index contributed by atoms with van der Waals surface area (Å²) in [6, 6.07) is 14.7. The lowest BCUT2D eigenvalue weighted by Crippen LogP contribution is -3.15. The zero-order valence-electron chi connectivity index (χ0n) is 17.9. The van der Waals surface area contributed by atoms with E-state index in [1.807, 2.05) is 35.0 Å². The molecule has 0 spiro atoms. The van der Waals surface area contributed by atoms with Gasteiger partial charge in [0.1, 0.15) is 11.6 Å². The summed E-state index contributed by atoms with van der Waals surface area (Å²) in [5.41, 5.74) is 2.10. The number of aromatic nitrogens is 4. The van der Waals surface area contributed by atoms with E-state index in [0.29, 0.717) is 13.2 Å². The molecule has 0 unspecified atom stereocenters. The van der Waals surface area contributed by atoms with Crippen molar-refractivity contribution in [3.8, 4) is 5.75 Å². The van der Waals surface area contributed by atoms with Crippen LogP contribution in [0, 0.1) is 5.82 Å². The van der Waals surface area contributed by atoms with Crippen LogP contribution in [0.3, 0.4) is 0 Å². The molecule has 3 aromatic rings. The summed E-state index contributed by atoms with van der Waals surface area (Å²) in [5, 5.41) is 12.5. The second-order valence-electron chi connectivity index (χ2n) is 7.55. The number of hydrogen-bond donors (Lipinski definition) is 1. The highest BCUT2D eigenvalue weighted by atomic mass is 19.1. The lowest BCUT2D eigenvalue weighted by molar-refractivity contribution is -0.927. The van der Waals surface area contributed by atoms with E-state index in [-0.39, 0.29) is 11.9 Å². The normalized spacial score (nSPS) is 15.8. The Kier molecular flexibility index (Phi) is 6.73. The Morgan fingerprint density at radius 2 is 1.81 bits per heavy atom. The van der Waals surface area contributed by atoms with E-state index < -0.39 is 0 Å². The SMILES string of the molecule is COCCn1nnnc1[C@H](c1ccccc1OC)[NH+]1CCN(c2ccc(F)cc2)CC1. The van der Waals surface area contributed by atoms with Gasteiger partial charge in [0.2, 0.25) is 5.82 Å². The fraction of sp³-hybridized carbons (Fsp3) is 0.409. The largest absolute Gasteiger partial charge is 0.496 e. The number of hydrogen-bond acceptors (Lipinski definition) is 6. The molecule has 1 aliphatic rings. The molecule has 164 valence electrons. The molecular weight excluding hydrogens is 399 g/mol. The molecule has 0 radical (unpaired) electrons. The minimum atomic E-state index is -0.216. The van der Waals surface area contributed by atoms with Crippen molar-refractivity contribution in [2.24, 2.45) is 0 Å². The van der Waals surface area contributed by atoms with Gasteiger partial charge in [0.05, 0.1) is 52.0 Å². The second-order valence-corrected chi connectivity index (χ2v) is 7.55. The van der Waals surface area contributed by atoms with Gasteiger partial charge in [0, 0.05) is 12.8 Å². The van der Waals surface area contributed by atoms with Crippen molar-refractivity contribution in [3.63, 3.8) is 0 Å². The number of quaternary nitrogens is 1. The molecule has 1 aromatic heterocycles. The fourth-order valence-corrected chi connectivity index (χ4v) is 4.19. The van der Waals surface area contributed by atoms with Crippen LogP contribution in [0.4, 0.5) is 10.1 Å². The molecule has 31 heavy (non-hydrogen) atoms. The van der Waals surface area contributed by atoms with E-state index in [0.717, 1.165) is 49.0 Å². The Morgan fingerprint density at radius 3 is 2.52 bits per heavy atom. The standard InChI is InChI=1S/C22H27FN6O2/c1-30-16-15-29-22(24-25-26-29)21(19-5-3-4-6-20(19)31-2)28-13-11-27(12-14-28)18-9-7-17(23)8-10-18/h3-10,21H,11-16H2,1-2H3/p+1/t21-/m0/s1.